The van der Waals surface area contributed by atoms with E-state index in [0.717, 1.165) is 10.8 Å². The lowest BCUT2D eigenvalue weighted by Gasteiger charge is -2.46. The highest BCUT2D eigenvalue weighted by molar-refractivity contribution is 7.20. The van der Waals surface area contributed by atoms with Crippen molar-refractivity contribution in [3.8, 4) is 5.88 Å². The molecule has 0 bridgehead atoms. The van der Waals surface area contributed by atoms with Crippen LogP contribution in [0.3, 0.4) is 0 Å². The Labute approximate surface area is 453 Å². The Hall–Kier alpha value is -6.55. The Morgan fingerprint density at radius 3 is 0.926 bits per heavy atom. The van der Waals surface area contributed by atoms with Gasteiger partial charge in [0.1, 0.15) is 6.15 Å². The van der Waals surface area contributed by atoms with E-state index in [2.05, 4.69) is 0 Å². The lowest BCUT2D eigenvalue weighted by Crippen LogP contribution is -2.75. The lowest BCUT2D eigenvalue weighted by atomic mass is 9.12. The first-order chi connectivity index (χ1) is 36.7. The number of benzene rings is 6. The van der Waals surface area contributed by atoms with Crippen LogP contribution in [0.4, 0.5) is 105 Å². The first-order valence-electron chi connectivity index (χ1n) is 21.8. The third-order valence-electron chi connectivity index (χ3n) is 11.9. The Bertz CT molecular complexity index is 3010. The van der Waals surface area contributed by atoms with Crippen LogP contribution in [0.15, 0.2) is 140 Å². The molecule has 31 heteroatoms. The topological polar surface area (TPSA) is 30.2 Å². The van der Waals surface area contributed by atoms with Crippen molar-refractivity contribution < 1.29 is 119 Å². The largest absolute Gasteiger partial charge is 0.416 e. The minimum atomic E-state index is -6.13. The monoisotopic (exact) mass is 1240 g/mol. The zero-order valence-electron chi connectivity index (χ0n) is 39.0. The van der Waals surface area contributed by atoms with Gasteiger partial charge in [-0.3, -0.25) is 4.79 Å². The molecule has 0 spiro atoms. The van der Waals surface area contributed by atoms with E-state index in [1.165, 1.54) is 0 Å². The predicted octanol–water partition coefficient (Wildman–Crippen LogP) is 15.9. The number of rotatable bonds is 8. The summed E-state index contributed by atoms with van der Waals surface area (Å²) >= 11 is 17.4. The molecule has 1 aromatic heterocycles. The Kier molecular flexibility index (Phi) is 17.3. The van der Waals surface area contributed by atoms with Gasteiger partial charge in [0, 0.05) is 11.6 Å². The van der Waals surface area contributed by atoms with Crippen LogP contribution in [0.25, 0.3) is 10.8 Å². The number of aromatic nitrogens is 1. The minimum absolute atomic E-state index is 0.0648. The van der Waals surface area contributed by atoms with Crippen molar-refractivity contribution in [1.29, 1.82) is 0 Å². The van der Waals surface area contributed by atoms with Crippen molar-refractivity contribution >= 4 is 79.4 Å². The van der Waals surface area contributed by atoms with Crippen molar-refractivity contribution in [3.05, 3.63) is 190 Å². The molecule has 1 heterocycles. The predicted molar refractivity (Wildman–Crippen MR) is 246 cm³/mol. The number of nitrogens with zero attached hydrogens (tertiary/aromatic N) is 1. The Morgan fingerprint density at radius 2 is 0.654 bits per heavy atom. The van der Waals surface area contributed by atoms with Crippen LogP contribution in [0.2, 0.25) is 0 Å². The van der Waals surface area contributed by atoms with E-state index < -0.39 is 199 Å². The van der Waals surface area contributed by atoms with E-state index in [1.54, 1.807) is 22.9 Å². The molecule has 0 saturated carbocycles. The van der Waals surface area contributed by atoms with Crippen molar-refractivity contribution in [2.24, 2.45) is 0 Å². The molecular formula is C50H25BCl3F24NO2. The molecule has 0 radical (unpaired) electrons. The average molecular weight is 1240 g/mol. The molecule has 0 saturated heterocycles. The summed E-state index contributed by atoms with van der Waals surface area (Å²) in [4.78, 5) is 12.5. The van der Waals surface area contributed by atoms with Crippen LogP contribution in [0.5, 0.6) is 5.88 Å². The molecule has 7 aromatic rings. The number of carbonyl (C=O) groups excluding carboxylic acids is 1. The smallest absolute Gasteiger partial charge is 0.392 e. The molecule has 0 amide bonds. The van der Waals surface area contributed by atoms with E-state index in [-0.39, 0.29) is 12.3 Å². The lowest BCUT2D eigenvalue weighted by molar-refractivity contribution is -0.687. The van der Waals surface area contributed by atoms with Crippen molar-refractivity contribution in [1.82, 2.24) is 0 Å². The standard InChI is InChI=1S/C32H12BF24.C18H13Cl3NO2/c34-25(35,36)13-1-14(26(37,38)39)6-21(5-13)33(22-7-15(27(40,41)42)2-16(8-22)28(43,44)45,23-9-17(29(46,47)48)3-18(10-23)30(49,50)51)24-11-19(31(52,53)54)4-20(12-24)32(55,56)57;19-18(20,21)24-17-15-9-5-4-6-13(15)10-11-22(17)12-16(23)14-7-2-1-3-8-14/h1-12H;1-11H,12H2/q-1;+1. The zero-order chi connectivity index (χ0) is 61.1. The maximum absolute atomic E-state index is 14.2. The SMILES string of the molecule is FC(F)(F)c1cc([B-](c2cc(C(F)(F)F)cc(C(F)(F)F)c2)(c2cc(C(F)(F)F)cc(C(F)(F)F)c2)c2cc(C(F)(F)F)cc(C(F)(F)F)c2)cc(C(F)(F)F)c1.O=C(C[n+]1ccc2ccccc2c1OC(Cl)(Cl)Cl)c1ccccc1. The summed E-state index contributed by atoms with van der Waals surface area (Å²) in [5, 5.41) is 1.68. The molecule has 3 nitrogen and oxygen atoms in total. The molecular weight excluding hydrogens is 1220 g/mol. The first kappa shape index (κ1) is 63.6. The molecule has 0 atom stereocenters. The number of pyridine rings is 1. The third kappa shape index (κ3) is 14.9. The summed E-state index contributed by atoms with van der Waals surface area (Å²) in [6.45, 7) is 0.0743. The number of alkyl halides is 27. The van der Waals surface area contributed by atoms with Crippen molar-refractivity contribution in [3.63, 3.8) is 0 Å². The number of halogens is 27. The van der Waals surface area contributed by atoms with E-state index in [4.69, 9.17) is 39.5 Å². The molecule has 0 aliphatic carbocycles. The molecule has 81 heavy (non-hydrogen) atoms. The number of hydrogen-bond donors (Lipinski definition) is 0. The highest BCUT2D eigenvalue weighted by Crippen LogP contribution is 2.42. The summed E-state index contributed by atoms with van der Waals surface area (Å²) in [6.07, 6.45) is -53.1. The minimum Gasteiger partial charge on any atom is -0.392 e. The van der Waals surface area contributed by atoms with Crippen molar-refractivity contribution in [2.75, 3.05) is 0 Å². The van der Waals surface area contributed by atoms with E-state index in [9.17, 15) is 110 Å². The second-order valence-corrected chi connectivity index (χ2v) is 19.6. The number of ether oxygens (including phenoxy) is 1. The van der Waals surface area contributed by atoms with Crippen LogP contribution >= 0.6 is 34.8 Å². The van der Waals surface area contributed by atoms with Gasteiger partial charge in [0.2, 0.25) is 12.3 Å². The maximum Gasteiger partial charge on any atom is 0.416 e. The average Bonchev–Trinajstić information content (AvgIpc) is 3.02. The van der Waals surface area contributed by atoms with Crippen LogP contribution < -0.4 is 31.2 Å². The summed E-state index contributed by atoms with van der Waals surface area (Å²) in [7, 11) is 0. The molecule has 7 rings (SSSR count). The van der Waals surface area contributed by atoms with Crippen LogP contribution in [0, 0.1) is 0 Å². The first-order valence-corrected chi connectivity index (χ1v) is 22.9. The number of ketones is 1. The van der Waals surface area contributed by atoms with Crippen LogP contribution in [0.1, 0.15) is 54.9 Å². The molecule has 0 unspecified atom stereocenters. The number of Topliss-reactive ketones (excluding diaryl/α,β-unsaturated/α-hetero) is 1. The van der Waals surface area contributed by atoms with Gasteiger partial charge in [-0.2, -0.15) is 132 Å². The van der Waals surface area contributed by atoms with Crippen LogP contribution in [-0.2, 0) is 56.0 Å². The molecule has 0 N–H and O–H groups in total. The summed E-state index contributed by atoms with van der Waals surface area (Å²) < 4.78 is 346. The van der Waals surface area contributed by atoms with Gasteiger partial charge < -0.3 is 4.74 Å². The second-order valence-electron chi connectivity index (χ2n) is 17.4. The zero-order valence-corrected chi connectivity index (χ0v) is 41.3. The van der Waals surface area contributed by atoms with Gasteiger partial charge in [0.15, 0.2) is 6.20 Å². The van der Waals surface area contributed by atoms with E-state index >= 15 is 0 Å². The highest BCUT2D eigenvalue weighted by atomic mass is 35.6. The summed E-state index contributed by atoms with van der Waals surface area (Å²) in [5.41, 5.74) is -29.6. The number of carbonyl (C=O) groups is 1. The van der Waals surface area contributed by atoms with Gasteiger partial charge in [-0.05, 0) is 70.5 Å². The summed E-state index contributed by atoms with van der Waals surface area (Å²) in [6, 6.07) is 9.63. The fourth-order valence-electron chi connectivity index (χ4n) is 8.52. The number of fused-ring (bicyclic) bond motifs is 1. The van der Waals surface area contributed by atoms with Gasteiger partial charge in [0.05, 0.1) is 49.9 Å². The normalized spacial score (nSPS) is 13.5. The maximum atomic E-state index is 14.2. The molecule has 0 aliphatic heterocycles. The second kappa shape index (κ2) is 22.0. The van der Waals surface area contributed by atoms with E-state index in [1.807, 2.05) is 48.5 Å². The molecule has 0 fully saturated rings. The van der Waals surface area contributed by atoms with Gasteiger partial charge in [-0.1, -0.05) is 97.1 Å². The Balaban J connectivity index is 0.000000363. The van der Waals surface area contributed by atoms with Gasteiger partial charge >= 0.3 is 59.3 Å². The molecule has 6 aromatic carbocycles. The van der Waals surface area contributed by atoms with Gasteiger partial charge in [0.25, 0.3) is 0 Å². The molecule has 434 valence electrons. The quantitative estimate of drug-likeness (QED) is 0.0499. The van der Waals surface area contributed by atoms with Crippen molar-refractivity contribution in [2.45, 2.75) is 59.9 Å². The number of hydrogen-bond acceptors (Lipinski definition) is 2. The van der Waals surface area contributed by atoms with Gasteiger partial charge in [-0.15, -0.1) is 0 Å². The third-order valence-corrected chi connectivity index (χ3v) is 12.2. The highest BCUT2D eigenvalue weighted by Gasteiger charge is 2.47. The van der Waals surface area contributed by atoms with Gasteiger partial charge in [-0.25, -0.2) is 0 Å². The van der Waals surface area contributed by atoms with E-state index in [0.29, 0.717) is 11.4 Å². The van der Waals surface area contributed by atoms with Crippen LogP contribution in [-0.4, -0.2) is 15.9 Å². The fourth-order valence-corrected chi connectivity index (χ4v) is 8.74. The molecule has 0 aliphatic rings. The Morgan fingerprint density at radius 1 is 0.383 bits per heavy atom. The summed E-state index contributed by atoms with van der Waals surface area (Å²) in [5.74, 6) is 0.266. The fraction of sp³-hybridized carbons (Fsp3) is 0.200.